The lowest BCUT2D eigenvalue weighted by Crippen LogP contribution is -2.05. The molecule has 2 nitrogen and oxygen atoms in total. The molecular weight excluding hydrogens is 256 g/mol. The van der Waals surface area contributed by atoms with E-state index >= 15 is 0 Å². The summed E-state index contributed by atoms with van der Waals surface area (Å²) in [5.41, 5.74) is 1.12. The normalized spacial score (nSPS) is 10.5. The Hall–Kier alpha value is -0.700. The summed E-state index contributed by atoms with van der Waals surface area (Å²) < 4.78 is 10.9. The van der Waals surface area contributed by atoms with Crippen molar-refractivity contribution in [1.29, 1.82) is 0 Å². The first-order chi connectivity index (χ1) is 7.17. The number of methoxy groups -OCH3 is 1. The molecule has 0 aliphatic heterocycles. The van der Waals surface area contributed by atoms with Crippen LogP contribution in [0.5, 0.6) is 11.5 Å². The first-order valence-electron chi connectivity index (χ1n) is 5.03. The highest BCUT2D eigenvalue weighted by atomic mass is 79.9. The molecule has 0 spiro atoms. The van der Waals surface area contributed by atoms with E-state index in [4.69, 9.17) is 9.47 Å². The molecule has 0 saturated heterocycles. The van der Waals surface area contributed by atoms with Gasteiger partial charge in [-0.1, -0.05) is 29.8 Å². The monoisotopic (exact) mass is 272 g/mol. The molecule has 0 radical (unpaired) electrons. The van der Waals surface area contributed by atoms with Crippen molar-refractivity contribution < 1.29 is 9.47 Å². The Labute approximate surface area is 99.7 Å². The highest BCUT2D eigenvalue weighted by molar-refractivity contribution is 9.08. The Morgan fingerprint density at radius 1 is 1.33 bits per heavy atom. The van der Waals surface area contributed by atoms with Gasteiger partial charge in [-0.25, -0.2) is 0 Å². The van der Waals surface area contributed by atoms with E-state index in [0.717, 1.165) is 29.0 Å². The SMILES string of the molecule is COc1ccc(OCC(C)C)c(CBr)c1. The topological polar surface area (TPSA) is 18.5 Å². The number of halogens is 1. The molecule has 3 heteroatoms. The number of benzene rings is 1. The molecule has 0 aromatic heterocycles. The van der Waals surface area contributed by atoms with Crippen LogP contribution >= 0.6 is 15.9 Å². The van der Waals surface area contributed by atoms with Gasteiger partial charge in [0.05, 0.1) is 13.7 Å². The highest BCUT2D eigenvalue weighted by Gasteiger charge is 2.05. The van der Waals surface area contributed by atoms with Crippen molar-refractivity contribution in [3.05, 3.63) is 23.8 Å². The summed E-state index contributed by atoms with van der Waals surface area (Å²) in [6, 6.07) is 5.87. The molecule has 0 unspecified atom stereocenters. The molecule has 0 amide bonds. The van der Waals surface area contributed by atoms with Gasteiger partial charge in [0.2, 0.25) is 0 Å². The molecule has 1 aromatic carbocycles. The van der Waals surface area contributed by atoms with Crippen molar-refractivity contribution in [2.24, 2.45) is 5.92 Å². The Bertz CT molecular complexity index is 310. The third kappa shape index (κ3) is 3.74. The smallest absolute Gasteiger partial charge is 0.123 e. The van der Waals surface area contributed by atoms with Crippen LogP contribution in [-0.2, 0) is 5.33 Å². The second-order valence-electron chi connectivity index (χ2n) is 3.81. The molecule has 1 aromatic rings. The van der Waals surface area contributed by atoms with E-state index in [1.54, 1.807) is 7.11 Å². The lowest BCUT2D eigenvalue weighted by molar-refractivity contribution is 0.269. The van der Waals surface area contributed by atoms with E-state index in [1.807, 2.05) is 18.2 Å². The van der Waals surface area contributed by atoms with Gasteiger partial charge in [-0.2, -0.15) is 0 Å². The van der Waals surface area contributed by atoms with Crippen molar-refractivity contribution in [3.8, 4) is 11.5 Å². The zero-order valence-corrected chi connectivity index (χ0v) is 11.0. The third-order valence-corrected chi connectivity index (χ3v) is 2.59. The number of hydrogen-bond acceptors (Lipinski definition) is 2. The summed E-state index contributed by atoms with van der Waals surface area (Å²) >= 11 is 3.44. The fraction of sp³-hybridized carbons (Fsp3) is 0.500. The molecule has 0 bridgehead atoms. The molecule has 0 fully saturated rings. The molecule has 0 aliphatic carbocycles. The van der Waals surface area contributed by atoms with Gasteiger partial charge in [0, 0.05) is 10.9 Å². The second kappa shape index (κ2) is 6.01. The predicted molar refractivity (Wildman–Crippen MR) is 66.0 cm³/mol. The zero-order chi connectivity index (χ0) is 11.3. The summed E-state index contributed by atoms with van der Waals surface area (Å²) in [7, 11) is 1.67. The van der Waals surface area contributed by atoms with Gasteiger partial charge in [0.25, 0.3) is 0 Å². The van der Waals surface area contributed by atoms with Gasteiger partial charge in [-0.05, 0) is 24.1 Å². The average molecular weight is 273 g/mol. The van der Waals surface area contributed by atoms with Crippen molar-refractivity contribution in [1.82, 2.24) is 0 Å². The van der Waals surface area contributed by atoms with E-state index in [2.05, 4.69) is 29.8 Å². The van der Waals surface area contributed by atoms with Crippen molar-refractivity contribution in [2.45, 2.75) is 19.2 Å². The minimum Gasteiger partial charge on any atom is -0.497 e. The number of ether oxygens (including phenoxy) is 2. The quantitative estimate of drug-likeness (QED) is 0.763. The molecule has 15 heavy (non-hydrogen) atoms. The first-order valence-corrected chi connectivity index (χ1v) is 6.15. The van der Waals surface area contributed by atoms with E-state index in [0.29, 0.717) is 5.92 Å². The van der Waals surface area contributed by atoms with E-state index < -0.39 is 0 Å². The van der Waals surface area contributed by atoms with Gasteiger partial charge in [-0.3, -0.25) is 0 Å². The lowest BCUT2D eigenvalue weighted by atomic mass is 10.2. The molecular formula is C12H17BrO2. The molecule has 0 aliphatic rings. The maximum atomic E-state index is 5.70. The molecule has 0 N–H and O–H groups in total. The van der Waals surface area contributed by atoms with Gasteiger partial charge >= 0.3 is 0 Å². The van der Waals surface area contributed by atoms with Crippen LogP contribution in [0.25, 0.3) is 0 Å². The number of alkyl halides is 1. The minimum absolute atomic E-state index is 0.537. The van der Waals surface area contributed by atoms with Crippen LogP contribution in [-0.4, -0.2) is 13.7 Å². The number of rotatable bonds is 5. The Balaban J connectivity index is 2.78. The summed E-state index contributed by atoms with van der Waals surface area (Å²) in [5.74, 6) is 2.33. The largest absolute Gasteiger partial charge is 0.497 e. The molecule has 0 heterocycles. The summed E-state index contributed by atoms with van der Waals surface area (Å²) in [6.07, 6.45) is 0. The van der Waals surface area contributed by atoms with Crippen LogP contribution in [0.3, 0.4) is 0 Å². The van der Waals surface area contributed by atoms with Gasteiger partial charge in [-0.15, -0.1) is 0 Å². The van der Waals surface area contributed by atoms with Crippen LogP contribution in [0, 0.1) is 5.92 Å². The Kier molecular flexibility index (Phi) is 4.95. The fourth-order valence-electron chi connectivity index (χ4n) is 1.18. The van der Waals surface area contributed by atoms with E-state index in [9.17, 15) is 0 Å². The molecule has 0 atom stereocenters. The molecule has 84 valence electrons. The van der Waals surface area contributed by atoms with E-state index in [1.165, 1.54) is 0 Å². The predicted octanol–water partition coefficient (Wildman–Crippen LogP) is 3.62. The van der Waals surface area contributed by atoms with Crippen LogP contribution in [0.1, 0.15) is 19.4 Å². The number of hydrogen-bond donors (Lipinski definition) is 0. The van der Waals surface area contributed by atoms with Crippen LogP contribution < -0.4 is 9.47 Å². The van der Waals surface area contributed by atoms with Crippen molar-refractivity contribution in [3.63, 3.8) is 0 Å². The average Bonchev–Trinajstić information content (AvgIpc) is 2.25. The van der Waals surface area contributed by atoms with Gasteiger partial charge < -0.3 is 9.47 Å². The molecule has 1 rings (SSSR count). The van der Waals surface area contributed by atoms with Gasteiger partial charge in [0.15, 0.2) is 0 Å². The van der Waals surface area contributed by atoms with Crippen LogP contribution in [0.4, 0.5) is 0 Å². The minimum atomic E-state index is 0.537. The van der Waals surface area contributed by atoms with Crippen molar-refractivity contribution in [2.75, 3.05) is 13.7 Å². The Morgan fingerprint density at radius 3 is 2.60 bits per heavy atom. The van der Waals surface area contributed by atoms with Gasteiger partial charge in [0.1, 0.15) is 11.5 Å². The van der Waals surface area contributed by atoms with Crippen molar-refractivity contribution >= 4 is 15.9 Å². The second-order valence-corrected chi connectivity index (χ2v) is 4.37. The standard InChI is InChI=1S/C12H17BrO2/c1-9(2)8-15-12-5-4-11(14-3)6-10(12)7-13/h4-6,9H,7-8H2,1-3H3. The highest BCUT2D eigenvalue weighted by Crippen LogP contribution is 2.26. The van der Waals surface area contributed by atoms with Crippen LogP contribution in [0.15, 0.2) is 18.2 Å². The third-order valence-electron chi connectivity index (χ3n) is 1.98. The maximum absolute atomic E-state index is 5.70. The summed E-state index contributed by atoms with van der Waals surface area (Å²) in [5, 5.41) is 0.775. The van der Waals surface area contributed by atoms with E-state index in [-0.39, 0.29) is 0 Å². The summed E-state index contributed by atoms with van der Waals surface area (Å²) in [4.78, 5) is 0. The molecule has 0 saturated carbocycles. The zero-order valence-electron chi connectivity index (χ0n) is 9.42. The lowest BCUT2D eigenvalue weighted by Gasteiger charge is -2.12. The summed E-state index contributed by atoms with van der Waals surface area (Å²) in [6.45, 7) is 5.01. The first kappa shape index (κ1) is 12.4. The maximum Gasteiger partial charge on any atom is 0.123 e. The fourth-order valence-corrected chi connectivity index (χ4v) is 1.62. The Morgan fingerprint density at radius 2 is 2.07 bits per heavy atom. The van der Waals surface area contributed by atoms with Crippen LogP contribution in [0.2, 0.25) is 0 Å².